The van der Waals surface area contributed by atoms with E-state index in [1.807, 2.05) is 65.6 Å². The van der Waals surface area contributed by atoms with Gasteiger partial charge in [0.2, 0.25) is 0 Å². The van der Waals surface area contributed by atoms with Crippen LogP contribution in [0.1, 0.15) is 23.5 Å². The van der Waals surface area contributed by atoms with Crippen LogP contribution in [0.3, 0.4) is 0 Å². The van der Waals surface area contributed by atoms with Crippen LogP contribution < -0.4 is 10.2 Å². The number of thiocarbonyl (C=S) groups is 1. The molecule has 1 aliphatic heterocycles. The number of nitrogens with zero attached hydrogens (tertiary/aromatic N) is 2. The predicted molar refractivity (Wildman–Crippen MR) is 124 cm³/mol. The van der Waals surface area contributed by atoms with Crippen LogP contribution >= 0.6 is 24.0 Å². The van der Waals surface area contributed by atoms with Crippen LogP contribution in [0.2, 0.25) is 0 Å². The van der Waals surface area contributed by atoms with Crippen molar-refractivity contribution in [2.45, 2.75) is 22.1 Å². The molecule has 2 aromatic carbocycles. The highest BCUT2D eigenvalue weighted by atomic mass is 32.2. The first-order valence-corrected chi connectivity index (χ1v) is 11.0. The molecule has 4 nitrogen and oxygen atoms in total. The molecule has 1 saturated heterocycles. The van der Waals surface area contributed by atoms with E-state index in [1.165, 1.54) is 12.1 Å². The Kier molecular flexibility index (Phi) is 5.44. The largest absolute Gasteiger partial charge is 0.452 e. The molecule has 1 aliphatic rings. The SMILES string of the molecule is Fc1ccc(N2C(=S)NC(c3ccccn3)C2c2ccc(Sc3ccccc3)o2)cc1. The number of halogens is 1. The minimum atomic E-state index is -0.292. The average Bonchev–Trinajstić information content (AvgIpc) is 3.40. The molecule has 2 aromatic heterocycles. The number of nitrogens with one attached hydrogen (secondary N) is 1. The van der Waals surface area contributed by atoms with Crippen molar-refractivity contribution >= 4 is 34.8 Å². The van der Waals surface area contributed by atoms with E-state index >= 15 is 0 Å². The number of aromatic nitrogens is 1. The molecule has 154 valence electrons. The normalized spacial score (nSPS) is 18.2. The van der Waals surface area contributed by atoms with Crippen LogP contribution in [0.5, 0.6) is 0 Å². The van der Waals surface area contributed by atoms with Gasteiger partial charge in [0.05, 0.1) is 11.7 Å². The highest BCUT2D eigenvalue weighted by Gasteiger charge is 2.42. The molecular formula is C24H18FN3OS2. The fourth-order valence-electron chi connectivity index (χ4n) is 3.68. The van der Waals surface area contributed by atoms with Crippen molar-refractivity contribution in [3.63, 3.8) is 0 Å². The standard InChI is InChI=1S/C24H18FN3OS2/c25-16-9-11-17(12-10-16)28-23(22(27-24(28)30)19-8-4-5-15-26-19)20-13-14-21(29-20)31-18-6-2-1-3-7-18/h1-15,22-23H,(H,27,30). The van der Waals surface area contributed by atoms with Gasteiger partial charge in [-0.1, -0.05) is 36.0 Å². The molecule has 0 amide bonds. The minimum Gasteiger partial charge on any atom is -0.452 e. The maximum atomic E-state index is 13.5. The van der Waals surface area contributed by atoms with Gasteiger partial charge in [-0.05, 0) is 72.9 Å². The van der Waals surface area contributed by atoms with Crippen LogP contribution in [0.25, 0.3) is 0 Å². The molecule has 2 unspecified atom stereocenters. The van der Waals surface area contributed by atoms with Gasteiger partial charge in [0.1, 0.15) is 17.6 Å². The lowest BCUT2D eigenvalue weighted by Crippen LogP contribution is -2.29. The highest BCUT2D eigenvalue weighted by molar-refractivity contribution is 7.99. The lowest BCUT2D eigenvalue weighted by molar-refractivity contribution is 0.383. The summed E-state index contributed by atoms with van der Waals surface area (Å²) in [5.41, 5.74) is 1.64. The van der Waals surface area contributed by atoms with E-state index < -0.39 is 0 Å². The molecule has 7 heteroatoms. The van der Waals surface area contributed by atoms with Gasteiger partial charge in [0, 0.05) is 16.8 Å². The Morgan fingerprint density at radius 2 is 1.71 bits per heavy atom. The third-order valence-corrected chi connectivity index (χ3v) is 6.30. The predicted octanol–water partition coefficient (Wildman–Crippen LogP) is 6.14. The van der Waals surface area contributed by atoms with Gasteiger partial charge >= 0.3 is 0 Å². The second-order valence-corrected chi connectivity index (χ2v) is 8.51. The summed E-state index contributed by atoms with van der Waals surface area (Å²) in [6, 6.07) is 25.6. The van der Waals surface area contributed by atoms with Gasteiger partial charge in [0.15, 0.2) is 10.2 Å². The number of hydrogen-bond acceptors (Lipinski definition) is 4. The third-order valence-electron chi connectivity index (χ3n) is 5.06. The minimum absolute atomic E-state index is 0.209. The zero-order valence-electron chi connectivity index (χ0n) is 16.3. The Labute approximate surface area is 189 Å². The molecule has 3 heterocycles. The Bertz CT molecular complexity index is 1180. The summed E-state index contributed by atoms with van der Waals surface area (Å²) in [7, 11) is 0. The molecular weight excluding hydrogens is 429 g/mol. The number of anilines is 1. The monoisotopic (exact) mass is 447 g/mol. The van der Waals surface area contributed by atoms with E-state index in [1.54, 1.807) is 30.1 Å². The second kappa shape index (κ2) is 8.53. The number of rotatable bonds is 5. The summed E-state index contributed by atoms with van der Waals surface area (Å²) < 4.78 is 19.8. The summed E-state index contributed by atoms with van der Waals surface area (Å²) in [6.07, 6.45) is 1.76. The van der Waals surface area contributed by atoms with E-state index in [0.29, 0.717) is 5.11 Å². The van der Waals surface area contributed by atoms with Gasteiger partial charge in [-0.2, -0.15) is 0 Å². The quantitative estimate of drug-likeness (QED) is 0.371. The topological polar surface area (TPSA) is 41.3 Å². The van der Waals surface area contributed by atoms with Crippen molar-refractivity contribution < 1.29 is 8.81 Å². The van der Waals surface area contributed by atoms with E-state index in [0.717, 1.165) is 27.1 Å². The zero-order chi connectivity index (χ0) is 21.2. The van der Waals surface area contributed by atoms with E-state index in [9.17, 15) is 4.39 Å². The first-order valence-electron chi connectivity index (χ1n) is 9.78. The second-order valence-electron chi connectivity index (χ2n) is 7.04. The summed E-state index contributed by atoms with van der Waals surface area (Å²) in [4.78, 5) is 7.59. The van der Waals surface area contributed by atoms with Crippen molar-refractivity contribution in [3.8, 4) is 0 Å². The smallest absolute Gasteiger partial charge is 0.174 e. The molecule has 1 N–H and O–H groups in total. The average molecular weight is 448 g/mol. The van der Waals surface area contributed by atoms with Gasteiger partial charge in [0.25, 0.3) is 0 Å². The summed E-state index contributed by atoms with van der Waals surface area (Å²) in [6.45, 7) is 0. The summed E-state index contributed by atoms with van der Waals surface area (Å²) in [5, 5.41) is 4.71. The summed E-state index contributed by atoms with van der Waals surface area (Å²) >= 11 is 7.23. The molecule has 1 fully saturated rings. The molecule has 31 heavy (non-hydrogen) atoms. The van der Waals surface area contributed by atoms with Crippen LogP contribution in [-0.4, -0.2) is 10.1 Å². The maximum Gasteiger partial charge on any atom is 0.174 e. The highest BCUT2D eigenvalue weighted by Crippen LogP contribution is 2.43. The van der Waals surface area contributed by atoms with E-state index in [4.69, 9.17) is 16.6 Å². The fourth-order valence-corrected chi connectivity index (χ4v) is 4.82. The van der Waals surface area contributed by atoms with Crippen LogP contribution in [0, 0.1) is 5.82 Å². The maximum absolute atomic E-state index is 13.5. The number of hydrogen-bond donors (Lipinski definition) is 1. The third kappa shape index (κ3) is 4.06. The van der Waals surface area contributed by atoms with Crippen molar-refractivity contribution in [2.75, 3.05) is 4.90 Å². The van der Waals surface area contributed by atoms with E-state index in [-0.39, 0.29) is 17.9 Å². The molecule has 5 rings (SSSR count). The molecule has 0 aliphatic carbocycles. The first kappa shape index (κ1) is 19.8. The lowest BCUT2D eigenvalue weighted by Gasteiger charge is -2.26. The van der Waals surface area contributed by atoms with Crippen molar-refractivity contribution in [2.24, 2.45) is 0 Å². The van der Waals surface area contributed by atoms with Crippen molar-refractivity contribution in [3.05, 3.63) is 108 Å². The number of benzene rings is 2. The van der Waals surface area contributed by atoms with E-state index in [2.05, 4.69) is 10.3 Å². The number of furan rings is 1. The van der Waals surface area contributed by atoms with Gasteiger partial charge < -0.3 is 14.6 Å². The fraction of sp³-hybridized carbons (Fsp3) is 0.0833. The van der Waals surface area contributed by atoms with Gasteiger partial charge in [-0.3, -0.25) is 4.98 Å². The summed E-state index contributed by atoms with van der Waals surface area (Å²) in [5.74, 6) is 0.463. The molecule has 4 aromatic rings. The van der Waals surface area contributed by atoms with Gasteiger partial charge in [-0.25, -0.2) is 4.39 Å². The Morgan fingerprint density at radius 3 is 2.45 bits per heavy atom. The molecule has 2 atom stereocenters. The van der Waals surface area contributed by atoms with Crippen LogP contribution in [-0.2, 0) is 0 Å². The Balaban J connectivity index is 1.53. The van der Waals surface area contributed by atoms with Crippen molar-refractivity contribution in [1.82, 2.24) is 10.3 Å². The first-order chi connectivity index (χ1) is 15.2. The number of pyridine rings is 1. The Hall–Kier alpha value is -3.16. The lowest BCUT2D eigenvalue weighted by atomic mass is 10.0. The molecule has 0 spiro atoms. The molecule has 0 saturated carbocycles. The van der Waals surface area contributed by atoms with Gasteiger partial charge in [-0.15, -0.1) is 0 Å². The molecule has 0 bridgehead atoms. The van der Waals surface area contributed by atoms with Crippen LogP contribution in [0.15, 0.2) is 106 Å². The molecule has 0 radical (unpaired) electrons. The zero-order valence-corrected chi connectivity index (χ0v) is 17.9. The Morgan fingerprint density at radius 1 is 0.935 bits per heavy atom. The van der Waals surface area contributed by atoms with Crippen LogP contribution in [0.4, 0.5) is 10.1 Å². The van der Waals surface area contributed by atoms with Crippen molar-refractivity contribution in [1.29, 1.82) is 0 Å².